The van der Waals surface area contributed by atoms with Crippen LogP contribution in [0.4, 0.5) is 8.78 Å². The Morgan fingerprint density at radius 1 is 1.22 bits per heavy atom. The summed E-state index contributed by atoms with van der Waals surface area (Å²) < 4.78 is 26.2. The molecule has 4 rings (SSSR count). The Balaban J connectivity index is 1.42. The molecule has 0 aromatic rings. The molecule has 1 unspecified atom stereocenters. The molecule has 10 nitrogen and oxygen atoms in total. The van der Waals surface area contributed by atoms with Crippen LogP contribution in [0.15, 0.2) is 10.6 Å². The molecule has 4 aliphatic rings. The Morgan fingerprint density at radius 3 is 2.44 bits per heavy atom. The minimum Gasteiger partial charge on any atom is -0.477 e. The van der Waals surface area contributed by atoms with E-state index in [0.29, 0.717) is 31.0 Å². The lowest BCUT2D eigenvalue weighted by Crippen LogP contribution is -2.66. The number of fused-ring (bicyclic) bond motifs is 1. The van der Waals surface area contributed by atoms with Crippen molar-refractivity contribution in [3.63, 3.8) is 0 Å². The maximum absolute atomic E-state index is 13.0. The van der Waals surface area contributed by atoms with Gasteiger partial charge in [0.25, 0.3) is 5.91 Å². The monoisotopic (exact) mass is 530 g/mol. The van der Waals surface area contributed by atoms with Crippen molar-refractivity contribution in [2.75, 3.05) is 46.8 Å². The Labute approximate surface area is 213 Å². The molecule has 6 atom stereocenters. The number of halogens is 2. The lowest BCUT2D eigenvalue weighted by Gasteiger charge is -2.47. The number of nitrogens with zero attached hydrogens (tertiary/aromatic N) is 3. The number of likely N-dealkylation sites (N-methyl/N-ethyl adjacent to an activating group) is 1. The fourth-order valence-electron chi connectivity index (χ4n) is 5.68. The molecule has 3 fully saturated rings. The number of hydrogen-bond acceptors (Lipinski definition) is 6. The summed E-state index contributed by atoms with van der Waals surface area (Å²) in [7, 11) is 4.29. The van der Waals surface area contributed by atoms with Crippen molar-refractivity contribution in [3.8, 4) is 0 Å². The van der Waals surface area contributed by atoms with Gasteiger partial charge in [-0.3, -0.25) is 14.4 Å². The predicted molar refractivity (Wildman–Crippen MR) is 128 cm³/mol. The van der Waals surface area contributed by atoms with Gasteiger partial charge >= 0.3 is 12.4 Å². The van der Waals surface area contributed by atoms with Gasteiger partial charge in [0, 0.05) is 28.7 Å². The van der Waals surface area contributed by atoms with Gasteiger partial charge in [0.05, 0.1) is 58.3 Å². The van der Waals surface area contributed by atoms with Crippen LogP contribution in [-0.2, 0) is 19.2 Å². The van der Waals surface area contributed by atoms with E-state index in [-0.39, 0.29) is 28.8 Å². The molecule has 4 aliphatic heterocycles. The van der Waals surface area contributed by atoms with Crippen LogP contribution in [-0.4, -0.2) is 120 Å². The maximum Gasteiger partial charge on any atom is 0.353 e. The molecule has 0 bridgehead atoms. The first kappa shape index (κ1) is 26.8. The van der Waals surface area contributed by atoms with Gasteiger partial charge in [0.1, 0.15) is 5.70 Å². The third-order valence-electron chi connectivity index (χ3n) is 7.84. The summed E-state index contributed by atoms with van der Waals surface area (Å²) in [6.07, 6.45) is -2.65. The van der Waals surface area contributed by atoms with Gasteiger partial charge in [-0.15, -0.1) is 11.8 Å². The topological polar surface area (TPSA) is 119 Å². The largest absolute Gasteiger partial charge is 0.477 e. The third-order valence-corrected chi connectivity index (χ3v) is 9.35. The normalized spacial score (nSPS) is 32.4. The summed E-state index contributed by atoms with van der Waals surface area (Å²) >= 11 is 1.37. The van der Waals surface area contributed by atoms with Crippen molar-refractivity contribution in [1.82, 2.24) is 20.4 Å². The van der Waals surface area contributed by atoms with Crippen LogP contribution >= 0.6 is 11.8 Å². The lowest BCUT2D eigenvalue weighted by molar-refractivity contribution is -0.894. The standard InChI is InChI=1S/C23H33F2N5O5S/c1-11-16-15(12(2)27-20(31)19(24)25)22(33)29(16)17(23(34)35)18(11)36-13-9-14(26-10-13)21(32)28-5-7-30(3,4)8-6-28/h11-16,19,26H,5-10H2,1-4H3,(H-,27,31,34,35)/p+1/t11-,12?,13+,14+,15-,16-/m1/s1. The number of β-lactam (4-membered cyclic amide) rings is 1. The highest BCUT2D eigenvalue weighted by atomic mass is 32.2. The minimum absolute atomic E-state index is 0.0500. The Kier molecular flexibility index (Phi) is 7.37. The number of thioether (sulfide) groups is 1. The highest BCUT2D eigenvalue weighted by Crippen LogP contribution is 2.51. The molecule has 0 spiro atoms. The van der Waals surface area contributed by atoms with Gasteiger partial charge < -0.3 is 30.0 Å². The highest BCUT2D eigenvalue weighted by Gasteiger charge is 2.60. The molecule has 3 N–H and O–H groups in total. The number of hydrogen-bond donors (Lipinski definition) is 3. The summed E-state index contributed by atoms with van der Waals surface area (Å²) in [5.74, 6) is -4.24. The molecule has 0 aliphatic carbocycles. The summed E-state index contributed by atoms with van der Waals surface area (Å²) in [6, 6.07) is -1.72. The first-order valence-corrected chi connectivity index (χ1v) is 13.1. The molecule has 36 heavy (non-hydrogen) atoms. The van der Waals surface area contributed by atoms with E-state index < -0.39 is 42.2 Å². The van der Waals surface area contributed by atoms with Crippen LogP contribution in [0.1, 0.15) is 20.3 Å². The number of alkyl halides is 2. The number of carbonyl (C=O) groups excluding carboxylic acids is 3. The van der Waals surface area contributed by atoms with E-state index in [0.717, 1.165) is 17.6 Å². The highest BCUT2D eigenvalue weighted by molar-refractivity contribution is 8.03. The number of rotatable bonds is 7. The van der Waals surface area contributed by atoms with Crippen molar-refractivity contribution in [2.45, 2.75) is 50.1 Å². The quantitative estimate of drug-likeness (QED) is 0.311. The molecule has 0 aromatic heterocycles. The Morgan fingerprint density at radius 2 is 1.86 bits per heavy atom. The van der Waals surface area contributed by atoms with Crippen LogP contribution in [0.25, 0.3) is 0 Å². The minimum atomic E-state index is -3.19. The van der Waals surface area contributed by atoms with Crippen LogP contribution in [0.5, 0.6) is 0 Å². The zero-order valence-corrected chi connectivity index (χ0v) is 21.7. The van der Waals surface area contributed by atoms with E-state index in [9.17, 15) is 33.1 Å². The number of piperazine rings is 1. The average Bonchev–Trinajstić information content (AvgIpc) is 3.35. The van der Waals surface area contributed by atoms with Gasteiger partial charge in [0.15, 0.2) is 0 Å². The first-order chi connectivity index (χ1) is 16.8. The van der Waals surface area contributed by atoms with E-state index in [2.05, 4.69) is 24.7 Å². The van der Waals surface area contributed by atoms with Crippen molar-refractivity contribution in [1.29, 1.82) is 0 Å². The van der Waals surface area contributed by atoms with Gasteiger partial charge in [0.2, 0.25) is 11.8 Å². The van der Waals surface area contributed by atoms with Crippen molar-refractivity contribution in [3.05, 3.63) is 10.6 Å². The number of carboxylic acid groups (broad SMARTS) is 1. The zero-order chi connectivity index (χ0) is 26.5. The fraction of sp³-hybridized carbons (Fsp3) is 0.739. The molecular weight excluding hydrogens is 496 g/mol. The van der Waals surface area contributed by atoms with Gasteiger partial charge in [-0.2, -0.15) is 8.78 Å². The number of amides is 3. The number of nitrogens with one attached hydrogen (secondary N) is 2. The van der Waals surface area contributed by atoms with E-state index in [1.54, 1.807) is 0 Å². The molecular formula is C23H34F2N5O5S+. The number of carboxylic acids is 1. The predicted octanol–water partition coefficient (Wildman–Crippen LogP) is -0.0886. The molecule has 0 aromatic carbocycles. The lowest BCUT2D eigenvalue weighted by atomic mass is 9.78. The SMILES string of the molecule is CC(NC(=O)C(F)F)[C@H]1C(=O)N2C(C(=O)O)=C(S[C@@H]3CN[C@H](C(=O)N4CC[N+](C)(C)CC4)C3)[C@H](C)[C@H]12. The van der Waals surface area contributed by atoms with E-state index in [1.807, 2.05) is 11.8 Å². The van der Waals surface area contributed by atoms with Gasteiger partial charge in [-0.05, 0) is 13.3 Å². The third kappa shape index (κ3) is 4.84. The van der Waals surface area contributed by atoms with Crippen molar-refractivity contribution >= 4 is 35.5 Å². The summed E-state index contributed by atoms with van der Waals surface area (Å²) in [4.78, 5) is 53.1. The smallest absolute Gasteiger partial charge is 0.353 e. The second-order valence-electron chi connectivity index (χ2n) is 10.8. The van der Waals surface area contributed by atoms with Crippen molar-refractivity contribution < 1.29 is 37.5 Å². The number of quaternary nitrogens is 1. The summed E-state index contributed by atoms with van der Waals surface area (Å²) in [6.45, 7) is 7.02. The molecule has 3 saturated heterocycles. The Bertz CT molecular complexity index is 982. The molecule has 13 heteroatoms. The van der Waals surface area contributed by atoms with E-state index >= 15 is 0 Å². The van der Waals surface area contributed by atoms with Gasteiger partial charge in [-0.1, -0.05) is 6.92 Å². The fourth-order valence-corrected chi connectivity index (χ4v) is 7.16. The maximum atomic E-state index is 13.0. The molecule has 3 amide bonds. The van der Waals surface area contributed by atoms with Crippen LogP contribution in [0.2, 0.25) is 0 Å². The van der Waals surface area contributed by atoms with Crippen LogP contribution < -0.4 is 10.6 Å². The molecule has 200 valence electrons. The molecule has 0 saturated carbocycles. The number of aliphatic carboxylic acids is 1. The van der Waals surface area contributed by atoms with Crippen molar-refractivity contribution in [2.24, 2.45) is 11.8 Å². The second kappa shape index (κ2) is 9.90. The molecule has 4 heterocycles. The average molecular weight is 531 g/mol. The summed E-state index contributed by atoms with van der Waals surface area (Å²) in [5, 5.41) is 15.3. The first-order valence-electron chi connectivity index (χ1n) is 12.2. The molecule has 0 radical (unpaired) electrons. The van der Waals surface area contributed by atoms with Crippen LogP contribution in [0, 0.1) is 11.8 Å². The summed E-state index contributed by atoms with van der Waals surface area (Å²) in [5.41, 5.74) is -0.0862. The van der Waals surface area contributed by atoms with E-state index in [4.69, 9.17) is 0 Å². The van der Waals surface area contributed by atoms with Gasteiger partial charge in [-0.25, -0.2) is 4.79 Å². The zero-order valence-electron chi connectivity index (χ0n) is 20.9. The second-order valence-corrected chi connectivity index (χ2v) is 12.1. The number of carbonyl (C=O) groups is 4. The van der Waals surface area contributed by atoms with Crippen LogP contribution in [0.3, 0.4) is 0 Å². The van der Waals surface area contributed by atoms with E-state index in [1.165, 1.54) is 23.6 Å². The Hall–Kier alpha value is -2.25.